The average molecular weight is 877 g/mol. The van der Waals surface area contributed by atoms with Crippen molar-refractivity contribution in [3.8, 4) is 0 Å². The van der Waals surface area contributed by atoms with E-state index in [1.807, 2.05) is 0 Å². The van der Waals surface area contributed by atoms with Crippen LogP contribution in [0.25, 0.3) is 0 Å². The van der Waals surface area contributed by atoms with Crippen LogP contribution in [0.3, 0.4) is 0 Å². The first-order valence-electron chi connectivity index (χ1n) is 28.5. The standard InChI is InChI=1S/C57H113NO4/c1-3-5-7-9-11-13-15-17-19-21-23-25-27-28-29-30-32-34-36-38-40-42-44-46-48-50-52-56(61)58-54(53-59)57(62)55(60)51-49-47-45-43-41-39-37-35-33-31-26-24-22-20-18-16-14-12-10-8-6-4-2/h43,45,54-55,57,59-60,62H,3-42,44,46-53H2,1-2H3,(H,58,61)/b45-43+. The normalized spacial score (nSPS) is 13.3. The molecule has 0 saturated carbocycles. The molecule has 0 bridgehead atoms. The molecule has 0 spiro atoms. The number of hydrogen-bond acceptors (Lipinski definition) is 4. The van der Waals surface area contributed by atoms with E-state index < -0.39 is 18.2 Å². The summed E-state index contributed by atoms with van der Waals surface area (Å²) in [4.78, 5) is 12.5. The van der Waals surface area contributed by atoms with Crippen LogP contribution in [0.1, 0.15) is 322 Å². The second-order valence-corrected chi connectivity index (χ2v) is 19.9. The zero-order valence-corrected chi connectivity index (χ0v) is 42.3. The van der Waals surface area contributed by atoms with Gasteiger partial charge in [-0.25, -0.2) is 0 Å². The summed E-state index contributed by atoms with van der Waals surface area (Å²) in [7, 11) is 0. The Kier molecular flexibility index (Phi) is 51.9. The molecular weight excluding hydrogens is 763 g/mol. The molecule has 0 fully saturated rings. The van der Waals surface area contributed by atoms with Crippen molar-refractivity contribution >= 4 is 5.91 Å². The van der Waals surface area contributed by atoms with Gasteiger partial charge in [0.25, 0.3) is 0 Å². The number of amides is 1. The van der Waals surface area contributed by atoms with Crippen LogP contribution in [0.5, 0.6) is 0 Å². The van der Waals surface area contributed by atoms with Gasteiger partial charge in [-0.3, -0.25) is 4.79 Å². The van der Waals surface area contributed by atoms with Gasteiger partial charge in [0, 0.05) is 6.42 Å². The SMILES string of the molecule is CCCCCCCCCCCCCCCCCCC/C=C/CCCC(O)C(O)C(CO)NC(=O)CCCCCCCCCCCCCCCCCCCCCCCCCCCC. The minimum absolute atomic E-state index is 0.146. The second-order valence-electron chi connectivity index (χ2n) is 19.9. The summed E-state index contributed by atoms with van der Waals surface area (Å²) < 4.78 is 0. The number of aliphatic hydroxyl groups is 3. The first-order chi connectivity index (χ1) is 30.6. The lowest BCUT2D eigenvalue weighted by Gasteiger charge is -2.26. The van der Waals surface area contributed by atoms with Gasteiger partial charge < -0.3 is 20.6 Å². The molecule has 0 heterocycles. The van der Waals surface area contributed by atoms with Crippen molar-refractivity contribution in [1.29, 1.82) is 0 Å². The highest BCUT2D eigenvalue weighted by molar-refractivity contribution is 5.76. The lowest BCUT2D eigenvalue weighted by molar-refractivity contribution is -0.124. The number of carbonyl (C=O) groups is 1. The molecule has 4 N–H and O–H groups in total. The summed E-state index contributed by atoms with van der Waals surface area (Å²) in [6.45, 7) is 4.21. The van der Waals surface area contributed by atoms with Gasteiger partial charge in [-0.1, -0.05) is 289 Å². The van der Waals surface area contributed by atoms with Crippen molar-refractivity contribution < 1.29 is 20.1 Å². The van der Waals surface area contributed by atoms with Crippen molar-refractivity contribution in [1.82, 2.24) is 5.32 Å². The van der Waals surface area contributed by atoms with E-state index in [9.17, 15) is 20.1 Å². The van der Waals surface area contributed by atoms with E-state index in [1.165, 1.54) is 257 Å². The molecule has 0 radical (unpaired) electrons. The summed E-state index contributed by atoms with van der Waals surface area (Å²) in [6.07, 6.45) is 65.2. The maximum absolute atomic E-state index is 12.5. The van der Waals surface area contributed by atoms with Crippen LogP contribution in [0.15, 0.2) is 12.2 Å². The number of nitrogens with one attached hydrogen (secondary N) is 1. The van der Waals surface area contributed by atoms with E-state index in [2.05, 4.69) is 31.3 Å². The summed E-state index contributed by atoms with van der Waals surface area (Å²) in [5.74, 6) is -0.146. The second kappa shape index (κ2) is 52.7. The van der Waals surface area contributed by atoms with Crippen LogP contribution < -0.4 is 5.32 Å². The third kappa shape index (κ3) is 47.1. The van der Waals surface area contributed by atoms with E-state index in [0.29, 0.717) is 12.8 Å². The van der Waals surface area contributed by atoms with E-state index in [4.69, 9.17) is 0 Å². The smallest absolute Gasteiger partial charge is 0.220 e. The molecule has 62 heavy (non-hydrogen) atoms. The van der Waals surface area contributed by atoms with E-state index in [0.717, 1.165) is 38.5 Å². The highest BCUT2D eigenvalue weighted by Crippen LogP contribution is 2.18. The molecule has 370 valence electrons. The van der Waals surface area contributed by atoms with Crippen molar-refractivity contribution in [2.45, 2.75) is 340 Å². The van der Waals surface area contributed by atoms with Gasteiger partial charge in [-0.2, -0.15) is 0 Å². The maximum atomic E-state index is 12.5. The van der Waals surface area contributed by atoms with Crippen LogP contribution in [0.4, 0.5) is 0 Å². The van der Waals surface area contributed by atoms with Crippen molar-refractivity contribution in [3.05, 3.63) is 12.2 Å². The first-order valence-corrected chi connectivity index (χ1v) is 28.5. The molecule has 5 nitrogen and oxygen atoms in total. The van der Waals surface area contributed by atoms with Gasteiger partial charge in [0.1, 0.15) is 6.10 Å². The van der Waals surface area contributed by atoms with Crippen LogP contribution in [-0.2, 0) is 4.79 Å². The van der Waals surface area contributed by atoms with Crippen molar-refractivity contribution in [3.63, 3.8) is 0 Å². The molecule has 0 rings (SSSR count). The molecule has 3 atom stereocenters. The number of rotatable bonds is 53. The minimum Gasteiger partial charge on any atom is -0.394 e. The third-order valence-electron chi connectivity index (χ3n) is 13.6. The first kappa shape index (κ1) is 61.1. The molecule has 3 unspecified atom stereocenters. The fraction of sp³-hybridized carbons (Fsp3) is 0.947. The molecule has 0 aliphatic heterocycles. The quantitative estimate of drug-likeness (QED) is 0.0362. The van der Waals surface area contributed by atoms with Crippen LogP contribution in [0, 0.1) is 0 Å². The number of allylic oxidation sites excluding steroid dienone is 2. The maximum Gasteiger partial charge on any atom is 0.220 e. The summed E-state index contributed by atoms with van der Waals surface area (Å²) in [5.41, 5.74) is 0. The zero-order chi connectivity index (χ0) is 45.1. The Hall–Kier alpha value is -0.910. The zero-order valence-electron chi connectivity index (χ0n) is 42.3. The van der Waals surface area contributed by atoms with E-state index >= 15 is 0 Å². The van der Waals surface area contributed by atoms with Gasteiger partial charge >= 0.3 is 0 Å². The highest BCUT2D eigenvalue weighted by Gasteiger charge is 2.26. The fourth-order valence-corrected chi connectivity index (χ4v) is 9.23. The Labute approximate surface area is 389 Å². The molecule has 5 heteroatoms. The fourth-order valence-electron chi connectivity index (χ4n) is 9.23. The number of unbranched alkanes of at least 4 members (excludes halogenated alkanes) is 43. The third-order valence-corrected chi connectivity index (χ3v) is 13.6. The summed E-state index contributed by atoms with van der Waals surface area (Å²) in [5, 5.41) is 33.8. The van der Waals surface area contributed by atoms with Gasteiger partial charge in [0.2, 0.25) is 5.91 Å². The van der Waals surface area contributed by atoms with Gasteiger partial charge in [-0.05, 0) is 38.5 Å². The number of aliphatic hydroxyl groups excluding tert-OH is 3. The van der Waals surface area contributed by atoms with Gasteiger partial charge in [0.15, 0.2) is 0 Å². The molecule has 0 aliphatic rings. The number of hydrogen-bond donors (Lipinski definition) is 4. The Morgan fingerprint density at radius 1 is 0.387 bits per heavy atom. The van der Waals surface area contributed by atoms with Crippen LogP contribution in [0.2, 0.25) is 0 Å². The number of carbonyl (C=O) groups excluding carboxylic acids is 1. The Morgan fingerprint density at radius 3 is 0.935 bits per heavy atom. The monoisotopic (exact) mass is 876 g/mol. The average Bonchev–Trinajstić information content (AvgIpc) is 3.28. The summed E-state index contributed by atoms with van der Waals surface area (Å²) >= 11 is 0. The van der Waals surface area contributed by atoms with Gasteiger partial charge in [-0.15, -0.1) is 0 Å². The lowest BCUT2D eigenvalue weighted by Crippen LogP contribution is -2.50. The Morgan fingerprint density at radius 2 is 0.645 bits per heavy atom. The molecular formula is C57H113NO4. The molecule has 0 saturated heterocycles. The molecule has 0 aromatic heterocycles. The highest BCUT2D eigenvalue weighted by atomic mass is 16.3. The Bertz CT molecular complexity index is 879. The molecule has 0 aliphatic carbocycles. The van der Waals surface area contributed by atoms with Crippen LogP contribution >= 0.6 is 0 Å². The van der Waals surface area contributed by atoms with Crippen molar-refractivity contribution in [2.24, 2.45) is 0 Å². The van der Waals surface area contributed by atoms with Crippen LogP contribution in [-0.4, -0.2) is 46.1 Å². The Balaban J connectivity index is 3.53. The predicted octanol–water partition coefficient (Wildman–Crippen LogP) is 17.5. The molecule has 0 aromatic rings. The summed E-state index contributed by atoms with van der Waals surface area (Å²) in [6, 6.07) is -0.822. The molecule has 0 aromatic carbocycles. The minimum atomic E-state index is -1.16. The van der Waals surface area contributed by atoms with Crippen molar-refractivity contribution in [2.75, 3.05) is 6.61 Å². The van der Waals surface area contributed by atoms with E-state index in [1.54, 1.807) is 0 Å². The predicted molar refractivity (Wildman–Crippen MR) is 273 cm³/mol. The van der Waals surface area contributed by atoms with Gasteiger partial charge in [0.05, 0.1) is 18.8 Å². The van der Waals surface area contributed by atoms with E-state index in [-0.39, 0.29) is 12.5 Å². The molecule has 1 amide bonds. The largest absolute Gasteiger partial charge is 0.394 e. The lowest BCUT2D eigenvalue weighted by atomic mass is 10.0. The topological polar surface area (TPSA) is 89.8 Å².